The van der Waals surface area contributed by atoms with Crippen molar-refractivity contribution in [2.24, 2.45) is 5.92 Å². The first-order valence-corrected chi connectivity index (χ1v) is 7.63. The summed E-state index contributed by atoms with van der Waals surface area (Å²) in [5, 5.41) is 3.67. The third-order valence-corrected chi connectivity index (χ3v) is 5.04. The zero-order valence-corrected chi connectivity index (χ0v) is 12.2. The number of piperidine rings is 1. The number of carbonyl (C=O) groups excluding carboxylic acids is 1. The minimum atomic E-state index is -0.477. The quantitative estimate of drug-likeness (QED) is 0.911. The maximum atomic E-state index is 13.2. The van der Waals surface area contributed by atoms with Crippen molar-refractivity contribution in [1.82, 2.24) is 5.32 Å². The highest BCUT2D eigenvalue weighted by molar-refractivity contribution is 6.05. The molecule has 2 saturated heterocycles. The van der Waals surface area contributed by atoms with E-state index in [-0.39, 0.29) is 0 Å². The van der Waals surface area contributed by atoms with E-state index in [1.807, 2.05) is 36.4 Å². The highest BCUT2D eigenvalue weighted by atomic mass is 16.1. The summed E-state index contributed by atoms with van der Waals surface area (Å²) in [7, 11) is 0. The Bertz CT molecular complexity index is 624. The molecule has 0 amide bonds. The second kappa shape index (κ2) is 4.28. The lowest BCUT2D eigenvalue weighted by atomic mass is 9.53. The Hall–Kier alpha value is -1.93. The molecule has 2 aliphatic heterocycles. The van der Waals surface area contributed by atoms with Crippen molar-refractivity contribution in [2.45, 2.75) is 30.8 Å². The van der Waals surface area contributed by atoms with E-state index in [0.717, 1.165) is 24.0 Å². The summed E-state index contributed by atoms with van der Waals surface area (Å²) in [5.41, 5.74) is 1.25. The maximum absolute atomic E-state index is 13.2. The number of hydrogen-bond donors (Lipinski definition) is 1. The molecular formula is C19H19NO. The lowest BCUT2D eigenvalue weighted by Crippen LogP contribution is -2.79. The van der Waals surface area contributed by atoms with Gasteiger partial charge in [-0.05, 0) is 29.9 Å². The van der Waals surface area contributed by atoms with Gasteiger partial charge in [0.05, 0.1) is 0 Å². The number of benzene rings is 2. The molecule has 0 spiro atoms. The van der Waals surface area contributed by atoms with Crippen molar-refractivity contribution in [3.8, 4) is 0 Å². The van der Waals surface area contributed by atoms with Crippen LogP contribution >= 0.6 is 0 Å². The molecule has 1 saturated carbocycles. The summed E-state index contributed by atoms with van der Waals surface area (Å²) < 4.78 is 0. The van der Waals surface area contributed by atoms with Gasteiger partial charge in [0, 0.05) is 0 Å². The Balaban J connectivity index is 1.80. The zero-order chi connectivity index (χ0) is 14.5. The molecule has 2 heterocycles. The molecule has 2 aromatic carbocycles. The number of carbonyl (C=O) groups is 1. The first-order valence-electron chi connectivity index (χ1n) is 7.63. The van der Waals surface area contributed by atoms with Crippen LogP contribution in [0.4, 0.5) is 0 Å². The molecule has 1 aliphatic carbocycles. The summed E-state index contributed by atoms with van der Waals surface area (Å²) >= 11 is 0. The van der Waals surface area contributed by atoms with Crippen LogP contribution in [-0.2, 0) is 15.9 Å². The van der Waals surface area contributed by atoms with Crippen LogP contribution in [0.5, 0.6) is 0 Å². The van der Waals surface area contributed by atoms with Crippen molar-refractivity contribution in [3.63, 3.8) is 0 Å². The number of nitrogens with one attached hydrogen (secondary N) is 1. The summed E-state index contributed by atoms with van der Waals surface area (Å²) in [6, 6.07) is 20.3. The van der Waals surface area contributed by atoms with E-state index in [9.17, 15) is 4.79 Å². The smallest absolute Gasteiger partial charge is 0.181 e. The number of ketones is 1. The third kappa shape index (κ3) is 1.60. The lowest BCUT2D eigenvalue weighted by molar-refractivity contribution is -0.158. The van der Waals surface area contributed by atoms with E-state index in [0.29, 0.717) is 11.7 Å². The van der Waals surface area contributed by atoms with Gasteiger partial charge in [-0.15, -0.1) is 0 Å². The molecule has 2 bridgehead atoms. The average Bonchev–Trinajstić information content (AvgIpc) is 2.55. The molecule has 2 heteroatoms. The van der Waals surface area contributed by atoms with Gasteiger partial charge in [0.1, 0.15) is 11.1 Å². The molecule has 1 N–H and O–H groups in total. The first-order chi connectivity index (χ1) is 10.2. The summed E-state index contributed by atoms with van der Waals surface area (Å²) in [4.78, 5) is 13.2. The standard InChI is InChI=1S/C19H19NO/c1-14-12-18(15-8-4-2-5-9-15)17(21)19(13-14,20-18)16-10-6-3-7-11-16/h2-11,14,20H,12-13H2,1H3. The van der Waals surface area contributed by atoms with Crippen LogP contribution in [0.3, 0.4) is 0 Å². The minimum absolute atomic E-state index is 0.338. The molecular weight excluding hydrogens is 258 g/mol. The van der Waals surface area contributed by atoms with Gasteiger partial charge in [0.15, 0.2) is 5.78 Å². The highest BCUT2D eigenvalue weighted by Crippen LogP contribution is 2.55. The first kappa shape index (κ1) is 12.8. The predicted molar refractivity (Wildman–Crippen MR) is 82.8 cm³/mol. The largest absolute Gasteiger partial charge is 0.295 e. The highest BCUT2D eigenvalue weighted by Gasteiger charge is 2.67. The topological polar surface area (TPSA) is 29.1 Å². The summed E-state index contributed by atoms with van der Waals surface area (Å²) in [5.74, 6) is 0.870. The second-order valence-electron chi connectivity index (χ2n) is 6.51. The fourth-order valence-electron chi connectivity index (χ4n) is 4.27. The van der Waals surface area contributed by atoms with Crippen molar-refractivity contribution in [2.75, 3.05) is 0 Å². The van der Waals surface area contributed by atoms with Gasteiger partial charge in [-0.2, -0.15) is 0 Å². The third-order valence-electron chi connectivity index (χ3n) is 5.04. The molecule has 0 aromatic heterocycles. The second-order valence-corrected chi connectivity index (χ2v) is 6.51. The molecule has 0 radical (unpaired) electrons. The summed E-state index contributed by atoms with van der Waals surface area (Å²) in [6.45, 7) is 2.25. The van der Waals surface area contributed by atoms with Crippen molar-refractivity contribution in [1.29, 1.82) is 0 Å². The Morgan fingerprint density at radius 1 is 0.857 bits per heavy atom. The molecule has 21 heavy (non-hydrogen) atoms. The van der Waals surface area contributed by atoms with Gasteiger partial charge in [-0.25, -0.2) is 0 Å². The van der Waals surface area contributed by atoms with Crippen molar-refractivity contribution in [3.05, 3.63) is 71.8 Å². The number of Topliss-reactive ketones (excluding diaryl/α,β-unsaturated/α-hetero) is 1. The summed E-state index contributed by atoms with van der Waals surface area (Å²) in [6.07, 6.45) is 1.79. The molecule has 2 unspecified atom stereocenters. The monoisotopic (exact) mass is 277 g/mol. The average molecular weight is 277 g/mol. The van der Waals surface area contributed by atoms with Crippen molar-refractivity contribution < 1.29 is 4.79 Å². The van der Waals surface area contributed by atoms with Crippen LogP contribution in [-0.4, -0.2) is 5.78 Å². The van der Waals surface area contributed by atoms with E-state index in [1.165, 1.54) is 0 Å². The molecule has 5 rings (SSSR count). The van der Waals surface area contributed by atoms with E-state index >= 15 is 0 Å². The van der Waals surface area contributed by atoms with Crippen LogP contribution in [0, 0.1) is 5.92 Å². The Kier molecular flexibility index (Phi) is 2.61. The van der Waals surface area contributed by atoms with Crippen LogP contribution in [0.2, 0.25) is 0 Å². The van der Waals surface area contributed by atoms with Gasteiger partial charge >= 0.3 is 0 Å². The number of fused-ring (bicyclic) bond motifs is 2. The Labute approximate surface area is 125 Å². The lowest BCUT2D eigenvalue weighted by Gasteiger charge is -2.62. The van der Waals surface area contributed by atoms with Gasteiger partial charge in [-0.1, -0.05) is 67.6 Å². The molecule has 2 aromatic rings. The minimum Gasteiger partial charge on any atom is -0.295 e. The van der Waals surface area contributed by atoms with Crippen LogP contribution in [0.1, 0.15) is 30.9 Å². The van der Waals surface area contributed by atoms with E-state index < -0.39 is 11.1 Å². The van der Waals surface area contributed by atoms with Crippen LogP contribution < -0.4 is 5.32 Å². The van der Waals surface area contributed by atoms with E-state index in [1.54, 1.807) is 0 Å². The van der Waals surface area contributed by atoms with Gasteiger partial charge < -0.3 is 0 Å². The maximum Gasteiger partial charge on any atom is 0.181 e. The molecule has 2 nitrogen and oxygen atoms in total. The predicted octanol–water partition coefficient (Wildman–Crippen LogP) is 3.38. The molecule has 2 atom stereocenters. The van der Waals surface area contributed by atoms with Crippen molar-refractivity contribution >= 4 is 5.78 Å². The number of hydrogen-bond acceptors (Lipinski definition) is 2. The fourth-order valence-corrected chi connectivity index (χ4v) is 4.27. The Morgan fingerprint density at radius 3 is 1.67 bits per heavy atom. The zero-order valence-electron chi connectivity index (χ0n) is 12.2. The molecule has 106 valence electrons. The van der Waals surface area contributed by atoms with E-state index in [2.05, 4.69) is 36.5 Å². The van der Waals surface area contributed by atoms with Gasteiger partial charge in [0.25, 0.3) is 0 Å². The Morgan fingerprint density at radius 2 is 1.29 bits per heavy atom. The van der Waals surface area contributed by atoms with Crippen LogP contribution in [0.25, 0.3) is 0 Å². The fraction of sp³-hybridized carbons (Fsp3) is 0.316. The van der Waals surface area contributed by atoms with Gasteiger partial charge in [0.2, 0.25) is 0 Å². The van der Waals surface area contributed by atoms with E-state index in [4.69, 9.17) is 0 Å². The normalized spacial score (nSPS) is 34.3. The van der Waals surface area contributed by atoms with Gasteiger partial charge in [-0.3, -0.25) is 10.1 Å². The SMILES string of the molecule is CC1CC2(c3ccccc3)NC(c3ccccc3)(C1)C2=O. The number of rotatable bonds is 2. The van der Waals surface area contributed by atoms with Crippen LogP contribution in [0.15, 0.2) is 60.7 Å². The molecule has 3 aliphatic rings. The molecule has 3 fully saturated rings.